The number of hydrogen-bond acceptors (Lipinski definition) is 3. The van der Waals surface area contributed by atoms with Gasteiger partial charge in [0.05, 0.1) is 16.1 Å². The molecular weight excluding hydrogens is 308 g/mol. The van der Waals surface area contributed by atoms with Crippen LogP contribution in [-0.2, 0) is 10.0 Å². The molecule has 0 aliphatic rings. The van der Waals surface area contributed by atoms with Gasteiger partial charge < -0.3 is 0 Å². The van der Waals surface area contributed by atoms with E-state index in [9.17, 15) is 8.42 Å². The number of fused-ring (bicyclic) bond motifs is 1. The lowest BCUT2D eigenvalue weighted by Gasteiger charge is -2.12. The third-order valence-electron chi connectivity index (χ3n) is 3.85. The van der Waals surface area contributed by atoms with E-state index in [1.54, 1.807) is 24.3 Å². The first-order valence-corrected chi connectivity index (χ1v) is 8.73. The van der Waals surface area contributed by atoms with Crippen molar-refractivity contribution < 1.29 is 8.42 Å². The topological polar surface area (TPSA) is 50.3 Å². The smallest absolute Gasteiger partial charge is 0.242 e. The molecule has 0 fully saturated rings. The normalized spacial score (nSPS) is 12.0. The van der Waals surface area contributed by atoms with Gasteiger partial charge in [-0.1, -0.05) is 30.3 Å². The number of aryl methyl sites for hydroxylation is 1. The summed E-state index contributed by atoms with van der Waals surface area (Å²) >= 11 is 0. The second kappa shape index (κ2) is 5.76. The van der Waals surface area contributed by atoms with Crippen molar-refractivity contribution in [2.75, 3.05) is 14.1 Å². The van der Waals surface area contributed by atoms with Gasteiger partial charge in [0.1, 0.15) is 0 Å². The first kappa shape index (κ1) is 15.6. The molecule has 118 valence electrons. The van der Waals surface area contributed by atoms with Gasteiger partial charge >= 0.3 is 0 Å². The van der Waals surface area contributed by atoms with Crippen molar-refractivity contribution in [2.24, 2.45) is 0 Å². The number of sulfonamides is 1. The zero-order chi connectivity index (χ0) is 16.6. The second-order valence-corrected chi connectivity index (χ2v) is 7.81. The molecule has 3 rings (SSSR count). The fourth-order valence-corrected chi connectivity index (χ4v) is 3.41. The standard InChI is InChI=1S/C18H18N2O2S/c1-13-12-18(19-17-7-5-4-6-16(13)17)14-8-10-15(11-9-14)23(21,22)20(2)3/h4-12H,1-3H3. The molecule has 0 amide bonds. The monoisotopic (exact) mass is 326 g/mol. The van der Waals surface area contributed by atoms with E-state index in [1.807, 2.05) is 30.3 Å². The number of pyridine rings is 1. The van der Waals surface area contributed by atoms with Crippen molar-refractivity contribution in [2.45, 2.75) is 11.8 Å². The Morgan fingerprint density at radius 3 is 2.26 bits per heavy atom. The number of benzene rings is 2. The van der Waals surface area contributed by atoms with Crippen LogP contribution in [-0.4, -0.2) is 31.8 Å². The Morgan fingerprint density at radius 1 is 0.957 bits per heavy atom. The molecule has 0 saturated carbocycles. The molecule has 3 aromatic rings. The minimum Gasteiger partial charge on any atom is -0.248 e. The zero-order valence-corrected chi connectivity index (χ0v) is 14.1. The number of aromatic nitrogens is 1. The van der Waals surface area contributed by atoms with Crippen LogP contribution in [0, 0.1) is 6.92 Å². The van der Waals surface area contributed by atoms with Crippen molar-refractivity contribution >= 4 is 20.9 Å². The Balaban J connectivity index is 2.06. The molecule has 0 aliphatic carbocycles. The molecule has 0 N–H and O–H groups in total. The quantitative estimate of drug-likeness (QED) is 0.740. The molecule has 0 radical (unpaired) electrons. The van der Waals surface area contributed by atoms with Crippen molar-refractivity contribution in [3.63, 3.8) is 0 Å². The molecular formula is C18H18N2O2S. The van der Waals surface area contributed by atoms with E-state index >= 15 is 0 Å². The molecule has 0 unspecified atom stereocenters. The maximum Gasteiger partial charge on any atom is 0.242 e. The van der Waals surface area contributed by atoms with E-state index in [-0.39, 0.29) is 4.90 Å². The highest BCUT2D eigenvalue weighted by Gasteiger charge is 2.17. The summed E-state index contributed by atoms with van der Waals surface area (Å²) in [6, 6.07) is 16.9. The summed E-state index contributed by atoms with van der Waals surface area (Å²) in [7, 11) is -0.355. The summed E-state index contributed by atoms with van der Waals surface area (Å²) in [6.45, 7) is 2.05. The number of hydrogen-bond donors (Lipinski definition) is 0. The predicted molar refractivity (Wildman–Crippen MR) is 92.8 cm³/mol. The first-order chi connectivity index (χ1) is 10.9. The third kappa shape index (κ3) is 2.85. The average Bonchev–Trinajstić information content (AvgIpc) is 2.55. The van der Waals surface area contributed by atoms with Crippen LogP contribution in [0.1, 0.15) is 5.56 Å². The van der Waals surface area contributed by atoms with Gasteiger partial charge in [-0.3, -0.25) is 0 Å². The van der Waals surface area contributed by atoms with Gasteiger partial charge in [-0.2, -0.15) is 0 Å². The molecule has 0 atom stereocenters. The lowest BCUT2D eigenvalue weighted by molar-refractivity contribution is 0.521. The highest BCUT2D eigenvalue weighted by atomic mass is 32.2. The Kier molecular flexibility index (Phi) is 3.92. The van der Waals surface area contributed by atoms with Crippen LogP contribution in [0.3, 0.4) is 0 Å². The van der Waals surface area contributed by atoms with Crippen LogP contribution in [0.15, 0.2) is 59.5 Å². The predicted octanol–water partition coefficient (Wildman–Crippen LogP) is 3.46. The van der Waals surface area contributed by atoms with E-state index in [2.05, 4.69) is 11.9 Å². The molecule has 1 aromatic heterocycles. The summed E-state index contributed by atoms with van der Waals surface area (Å²) in [5.41, 5.74) is 3.83. The van der Waals surface area contributed by atoms with Gasteiger partial charge in [0.2, 0.25) is 10.0 Å². The molecule has 0 aliphatic heterocycles. The Hall–Kier alpha value is -2.24. The molecule has 23 heavy (non-hydrogen) atoms. The maximum atomic E-state index is 12.1. The van der Waals surface area contributed by atoms with E-state index in [1.165, 1.54) is 18.4 Å². The molecule has 0 saturated heterocycles. The van der Waals surface area contributed by atoms with Crippen LogP contribution in [0.2, 0.25) is 0 Å². The molecule has 4 nitrogen and oxygen atoms in total. The fourth-order valence-electron chi connectivity index (χ4n) is 2.51. The number of nitrogens with zero attached hydrogens (tertiary/aromatic N) is 2. The van der Waals surface area contributed by atoms with Crippen LogP contribution in [0.4, 0.5) is 0 Å². The van der Waals surface area contributed by atoms with Crippen LogP contribution < -0.4 is 0 Å². The van der Waals surface area contributed by atoms with Crippen molar-refractivity contribution in [3.8, 4) is 11.3 Å². The van der Waals surface area contributed by atoms with Crippen LogP contribution in [0.25, 0.3) is 22.2 Å². The molecule has 5 heteroatoms. The van der Waals surface area contributed by atoms with Crippen LogP contribution in [0.5, 0.6) is 0 Å². The lowest BCUT2D eigenvalue weighted by Crippen LogP contribution is -2.22. The SMILES string of the molecule is Cc1cc(-c2ccc(S(=O)(=O)N(C)C)cc2)nc2ccccc12. The second-order valence-electron chi connectivity index (χ2n) is 5.65. The van der Waals surface area contributed by atoms with Crippen LogP contribution >= 0.6 is 0 Å². The minimum absolute atomic E-state index is 0.281. The van der Waals surface area contributed by atoms with E-state index in [4.69, 9.17) is 0 Å². The van der Waals surface area contributed by atoms with E-state index in [0.29, 0.717) is 0 Å². The van der Waals surface area contributed by atoms with Gasteiger partial charge in [-0.15, -0.1) is 0 Å². The highest BCUT2D eigenvalue weighted by Crippen LogP contribution is 2.25. The molecule has 0 bridgehead atoms. The van der Waals surface area contributed by atoms with E-state index in [0.717, 1.165) is 27.7 Å². The van der Waals surface area contributed by atoms with Crippen molar-refractivity contribution in [3.05, 3.63) is 60.2 Å². The highest BCUT2D eigenvalue weighted by molar-refractivity contribution is 7.89. The number of para-hydroxylation sites is 1. The van der Waals surface area contributed by atoms with Gasteiger partial charge in [-0.25, -0.2) is 17.7 Å². The summed E-state index contributed by atoms with van der Waals surface area (Å²) < 4.78 is 25.4. The van der Waals surface area contributed by atoms with E-state index < -0.39 is 10.0 Å². The Morgan fingerprint density at radius 2 is 1.61 bits per heavy atom. The summed E-state index contributed by atoms with van der Waals surface area (Å²) in [5.74, 6) is 0. The molecule has 1 heterocycles. The Bertz CT molecular complexity index is 962. The van der Waals surface area contributed by atoms with Crippen molar-refractivity contribution in [1.29, 1.82) is 0 Å². The van der Waals surface area contributed by atoms with Gasteiger partial charge in [0.25, 0.3) is 0 Å². The first-order valence-electron chi connectivity index (χ1n) is 7.29. The molecule has 2 aromatic carbocycles. The fraction of sp³-hybridized carbons (Fsp3) is 0.167. The van der Waals surface area contributed by atoms with Crippen molar-refractivity contribution in [1.82, 2.24) is 9.29 Å². The zero-order valence-electron chi connectivity index (χ0n) is 13.3. The average molecular weight is 326 g/mol. The molecule has 0 spiro atoms. The third-order valence-corrected chi connectivity index (χ3v) is 5.68. The maximum absolute atomic E-state index is 12.1. The minimum atomic E-state index is -3.41. The summed E-state index contributed by atoms with van der Waals surface area (Å²) in [4.78, 5) is 4.95. The van der Waals surface area contributed by atoms with Gasteiger partial charge in [0, 0.05) is 25.0 Å². The van der Waals surface area contributed by atoms with Gasteiger partial charge in [0.15, 0.2) is 0 Å². The largest absolute Gasteiger partial charge is 0.248 e. The number of rotatable bonds is 3. The Labute approximate surface area is 136 Å². The lowest BCUT2D eigenvalue weighted by atomic mass is 10.1. The summed E-state index contributed by atoms with van der Waals surface area (Å²) in [6.07, 6.45) is 0. The van der Waals surface area contributed by atoms with Gasteiger partial charge in [-0.05, 0) is 36.8 Å². The summed E-state index contributed by atoms with van der Waals surface area (Å²) in [5, 5.41) is 1.13.